The van der Waals surface area contributed by atoms with E-state index >= 15 is 0 Å². The maximum absolute atomic E-state index is 12.5. The summed E-state index contributed by atoms with van der Waals surface area (Å²) in [6.07, 6.45) is 0. The number of nitrogens with two attached hydrogens (primary N) is 1. The molecule has 0 fully saturated rings. The average Bonchev–Trinajstić information content (AvgIpc) is 2.70. The van der Waals surface area contributed by atoms with Crippen molar-refractivity contribution in [3.8, 4) is 5.75 Å². The van der Waals surface area contributed by atoms with Crippen molar-refractivity contribution in [3.05, 3.63) is 51.5 Å². The van der Waals surface area contributed by atoms with Crippen molar-refractivity contribution in [3.63, 3.8) is 0 Å². The highest BCUT2D eigenvalue weighted by atomic mass is 35.5. The van der Waals surface area contributed by atoms with E-state index in [9.17, 15) is 4.79 Å². The second-order valence-electron chi connectivity index (χ2n) is 5.83. The first-order valence-electron chi connectivity index (χ1n) is 8.73. The maximum Gasteiger partial charge on any atom is 0.276 e. The van der Waals surface area contributed by atoms with Crippen molar-refractivity contribution in [2.24, 2.45) is 10.7 Å². The standard InChI is InChI=1S/C19H20Cl2N4O3/c1-3-27-14-9-12(19(26)24-28-4-2)15(20)17(16(14)21)25-10-23-18(22)11-7-5-6-8-13(11)25/h5-9H,3-4,10H2,1-2H3,(H2,22,23)(H,24,26). The minimum absolute atomic E-state index is 0.163. The highest BCUT2D eigenvalue weighted by molar-refractivity contribution is 6.42. The third kappa shape index (κ3) is 3.73. The van der Waals surface area contributed by atoms with Crippen LogP contribution in [0.5, 0.6) is 5.75 Å². The fourth-order valence-electron chi connectivity index (χ4n) is 2.88. The number of nitrogens with one attached hydrogen (secondary N) is 1. The number of nitrogens with zero attached hydrogens (tertiary/aromatic N) is 2. The second kappa shape index (κ2) is 8.68. The Hall–Kier alpha value is -2.48. The van der Waals surface area contributed by atoms with E-state index in [2.05, 4.69) is 10.5 Å². The van der Waals surface area contributed by atoms with Crippen LogP contribution in [0.4, 0.5) is 11.4 Å². The van der Waals surface area contributed by atoms with E-state index in [4.69, 9.17) is 38.5 Å². The van der Waals surface area contributed by atoms with Gasteiger partial charge in [0.1, 0.15) is 23.3 Å². The number of ether oxygens (including phenoxy) is 1. The molecule has 7 nitrogen and oxygen atoms in total. The van der Waals surface area contributed by atoms with Gasteiger partial charge >= 0.3 is 0 Å². The van der Waals surface area contributed by atoms with Crippen LogP contribution in [-0.2, 0) is 4.84 Å². The number of amides is 1. The van der Waals surface area contributed by atoms with Crippen LogP contribution in [0, 0.1) is 0 Å². The molecule has 28 heavy (non-hydrogen) atoms. The lowest BCUT2D eigenvalue weighted by molar-refractivity contribution is 0.0364. The molecule has 3 rings (SSSR count). The highest BCUT2D eigenvalue weighted by Gasteiger charge is 2.28. The number of hydroxylamine groups is 1. The minimum atomic E-state index is -0.501. The Morgan fingerprint density at radius 1 is 1.25 bits per heavy atom. The molecular weight excluding hydrogens is 403 g/mol. The molecule has 148 valence electrons. The molecule has 1 aliphatic heterocycles. The number of carbonyl (C=O) groups excluding carboxylic acids is 1. The average molecular weight is 423 g/mol. The lowest BCUT2D eigenvalue weighted by Gasteiger charge is -2.31. The largest absolute Gasteiger partial charge is 0.492 e. The van der Waals surface area contributed by atoms with Crippen molar-refractivity contribution in [1.29, 1.82) is 0 Å². The van der Waals surface area contributed by atoms with Gasteiger partial charge in [-0.25, -0.2) is 10.5 Å². The van der Waals surface area contributed by atoms with Crippen LogP contribution >= 0.6 is 23.2 Å². The van der Waals surface area contributed by atoms with Gasteiger partial charge in [0.05, 0.1) is 35.2 Å². The van der Waals surface area contributed by atoms with Gasteiger partial charge in [-0.2, -0.15) is 0 Å². The summed E-state index contributed by atoms with van der Waals surface area (Å²) in [4.78, 5) is 23.7. The summed E-state index contributed by atoms with van der Waals surface area (Å²) in [5.74, 6) is 0.263. The molecule has 1 heterocycles. The summed E-state index contributed by atoms with van der Waals surface area (Å²) in [7, 11) is 0. The number of carbonyl (C=O) groups is 1. The smallest absolute Gasteiger partial charge is 0.276 e. The van der Waals surface area contributed by atoms with Gasteiger partial charge in [0.2, 0.25) is 0 Å². The number of hydrogen-bond donors (Lipinski definition) is 2. The first kappa shape index (κ1) is 20.3. The van der Waals surface area contributed by atoms with Crippen LogP contribution in [0.15, 0.2) is 35.3 Å². The van der Waals surface area contributed by atoms with Crippen LogP contribution in [0.1, 0.15) is 29.8 Å². The number of para-hydroxylation sites is 1. The number of rotatable bonds is 6. The summed E-state index contributed by atoms with van der Waals surface area (Å²) >= 11 is 13.2. The molecule has 9 heteroatoms. The van der Waals surface area contributed by atoms with Gasteiger partial charge in [-0.3, -0.25) is 9.63 Å². The Labute approximate surface area is 173 Å². The summed E-state index contributed by atoms with van der Waals surface area (Å²) in [6.45, 7) is 4.47. The molecule has 0 radical (unpaired) electrons. The monoisotopic (exact) mass is 422 g/mol. The van der Waals surface area contributed by atoms with Crippen molar-refractivity contribution in [2.75, 3.05) is 24.8 Å². The van der Waals surface area contributed by atoms with E-state index in [-0.39, 0.29) is 22.3 Å². The summed E-state index contributed by atoms with van der Waals surface area (Å²) in [5.41, 5.74) is 10.5. The molecule has 3 N–H and O–H groups in total. The van der Waals surface area contributed by atoms with E-state index in [1.54, 1.807) is 11.8 Å². The number of amidine groups is 1. The number of hydrogen-bond acceptors (Lipinski definition) is 6. The van der Waals surface area contributed by atoms with Crippen molar-refractivity contribution < 1.29 is 14.4 Å². The summed E-state index contributed by atoms with van der Waals surface area (Å²) < 4.78 is 5.63. The second-order valence-corrected chi connectivity index (χ2v) is 6.58. The zero-order valence-electron chi connectivity index (χ0n) is 15.5. The number of fused-ring (bicyclic) bond motifs is 1. The number of anilines is 2. The van der Waals surface area contributed by atoms with E-state index in [1.807, 2.05) is 31.2 Å². The van der Waals surface area contributed by atoms with Crippen LogP contribution in [0.3, 0.4) is 0 Å². The molecular formula is C19H20Cl2N4O3. The number of benzene rings is 2. The predicted molar refractivity (Wildman–Crippen MR) is 111 cm³/mol. The summed E-state index contributed by atoms with van der Waals surface area (Å²) in [6, 6.07) is 8.99. The third-order valence-electron chi connectivity index (χ3n) is 4.12. The molecule has 0 bridgehead atoms. The molecule has 0 unspecified atom stereocenters. The molecule has 0 atom stereocenters. The van der Waals surface area contributed by atoms with Gasteiger partial charge in [-0.15, -0.1) is 0 Å². The normalized spacial score (nSPS) is 13.0. The lowest BCUT2D eigenvalue weighted by Crippen LogP contribution is -2.30. The lowest BCUT2D eigenvalue weighted by atomic mass is 10.1. The van der Waals surface area contributed by atoms with Crippen molar-refractivity contribution >= 4 is 46.3 Å². The molecule has 0 saturated carbocycles. The van der Waals surface area contributed by atoms with Crippen molar-refractivity contribution in [1.82, 2.24) is 5.48 Å². The molecule has 1 aliphatic rings. The molecule has 0 aromatic heterocycles. The van der Waals surface area contributed by atoms with E-state index in [0.29, 0.717) is 30.5 Å². The van der Waals surface area contributed by atoms with E-state index in [0.717, 1.165) is 11.3 Å². The predicted octanol–water partition coefficient (Wildman–Crippen LogP) is 3.89. The summed E-state index contributed by atoms with van der Waals surface area (Å²) in [5, 5.41) is 0.446. The minimum Gasteiger partial charge on any atom is -0.492 e. The molecule has 0 spiro atoms. The van der Waals surface area contributed by atoms with E-state index < -0.39 is 5.91 Å². The molecule has 2 aromatic carbocycles. The van der Waals surface area contributed by atoms with Crippen LogP contribution < -0.4 is 20.9 Å². The molecule has 1 amide bonds. The number of aliphatic imine (C=N–C) groups is 1. The number of halogens is 2. The fourth-order valence-corrected chi connectivity index (χ4v) is 3.57. The van der Waals surface area contributed by atoms with Gasteiger partial charge in [0.15, 0.2) is 0 Å². The van der Waals surface area contributed by atoms with Crippen molar-refractivity contribution in [2.45, 2.75) is 13.8 Å². The van der Waals surface area contributed by atoms with Gasteiger partial charge < -0.3 is 15.4 Å². The van der Waals surface area contributed by atoms with Crippen LogP contribution in [0.2, 0.25) is 10.0 Å². The quantitative estimate of drug-likeness (QED) is 0.689. The van der Waals surface area contributed by atoms with Gasteiger partial charge in [-0.05, 0) is 32.0 Å². The maximum atomic E-state index is 12.5. The Balaban J connectivity index is 2.17. The Bertz CT molecular complexity index is 934. The highest BCUT2D eigenvalue weighted by Crippen LogP contribution is 2.46. The topological polar surface area (TPSA) is 89.2 Å². The molecule has 0 aliphatic carbocycles. The molecule has 2 aromatic rings. The molecule has 0 saturated heterocycles. The SMILES string of the molecule is CCONC(=O)c1cc(OCC)c(Cl)c(N2CN=C(N)c3ccccc32)c1Cl. The van der Waals surface area contributed by atoms with Gasteiger partial charge in [-0.1, -0.05) is 35.3 Å². The Morgan fingerprint density at radius 2 is 2.00 bits per heavy atom. The van der Waals surface area contributed by atoms with E-state index in [1.165, 1.54) is 6.07 Å². The Morgan fingerprint density at radius 3 is 2.71 bits per heavy atom. The first-order valence-corrected chi connectivity index (χ1v) is 9.48. The van der Waals surface area contributed by atoms with Crippen LogP contribution in [-0.4, -0.2) is 31.6 Å². The zero-order valence-corrected chi connectivity index (χ0v) is 17.0. The zero-order chi connectivity index (χ0) is 20.3. The van der Waals surface area contributed by atoms with Gasteiger partial charge in [0.25, 0.3) is 5.91 Å². The third-order valence-corrected chi connectivity index (χ3v) is 4.87. The fraction of sp³-hybridized carbons (Fsp3) is 0.263. The Kier molecular flexibility index (Phi) is 6.28. The van der Waals surface area contributed by atoms with Crippen LogP contribution in [0.25, 0.3) is 0 Å². The first-order chi connectivity index (χ1) is 13.5. The van der Waals surface area contributed by atoms with Gasteiger partial charge in [0, 0.05) is 5.56 Å².